The van der Waals surface area contributed by atoms with E-state index in [1.54, 1.807) is 43.7 Å². The second-order valence-corrected chi connectivity index (χ2v) is 7.97. The molecule has 0 radical (unpaired) electrons. The van der Waals surface area contributed by atoms with Crippen LogP contribution in [0.15, 0.2) is 60.9 Å². The topological polar surface area (TPSA) is 89.8 Å². The smallest absolute Gasteiger partial charge is 0.277 e. The molecule has 2 atom stereocenters. The van der Waals surface area contributed by atoms with Gasteiger partial charge in [0.05, 0.1) is 37.3 Å². The Morgan fingerprint density at radius 2 is 1.82 bits per heavy atom. The number of carbonyl (C=O) groups excluding carboxylic acids is 2. The van der Waals surface area contributed by atoms with Crippen LogP contribution in [-0.4, -0.2) is 69.6 Å². The summed E-state index contributed by atoms with van der Waals surface area (Å²) in [6.07, 6.45) is 4.59. The molecule has 9 nitrogen and oxygen atoms in total. The van der Waals surface area contributed by atoms with Gasteiger partial charge >= 0.3 is 0 Å². The van der Waals surface area contributed by atoms with Gasteiger partial charge in [0, 0.05) is 18.7 Å². The van der Waals surface area contributed by atoms with Gasteiger partial charge in [-0.05, 0) is 50.1 Å². The number of likely N-dealkylation sites (tertiary alicyclic amines) is 1. The van der Waals surface area contributed by atoms with E-state index in [9.17, 15) is 9.59 Å². The Morgan fingerprint density at radius 3 is 2.58 bits per heavy atom. The first-order valence-corrected chi connectivity index (χ1v) is 10.8. The van der Waals surface area contributed by atoms with Gasteiger partial charge in [0.15, 0.2) is 0 Å². The van der Waals surface area contributed by atoms with E-state index in [1.807, 2.05) is 36.1 Å². The maximum Gasteiger partial charge on any atom is 0.277 e. The summed E-state index contributed by atoms with van der Waals surface area (Å²) < 4.78 is 6.19. The van der Waals surface area contributed by atoms with Gasteiger partial charge < -0.3 is 9.64 Å². The molecule has 0 aliphatic carbocycles. The van der Waals surface area contributed by atoms with E-state index < -0.39 is 0 Å². The fourth-order valence-electron chi connectivity index (χ4n) is 3.94. The lowest BCUT2D eigenvalue weighted by molar-refractivity contribution is -0.0757. The molecule has 2 heterocycles. The number of ether oxygens (including phenoxy) is 1. The van der Waals surface area contributed by atoms with Crippen LogP contribution in [0.1, 0.15) is 40.5 Å². The summed E-state index contributed by atoms with van der Waals surface area (Å²) in [4.78, 5) is 34.2. The maximum absolute atomic E-state index is 13.5. The number of hydroxylamine groups is 2. The Labute approximate surface area is 192 Å². The molecular formula is C24H27N5O4. The molecule has 1 aliphatic heterocycles. The predicted octanol–water partition coefficient (Wildman–Crippen LogP) is 2.97. The highest BCUT2D eigenvalue weighted by atomic mass is 16.7. The van der Waals surface area contributed by atoms with E-state index in [2.05, 4.69) is 10.2 Å². The lowest BCUT2D eigenvalue weighted by Gasteiger charge is -2.38. The molecule has 9 heteroatoms. The minimum Gasteiger partial charge on any atom is -0.489 e. The van der Waals surface area contributed by atoms with Crippen molar-refractivity contribution in [2.24, 2.45) is 0 Å². The van der Waals surface area contributed by atoms with Crippen LogP contribution in [0.4, 0.5) is 0 Å². The van der Waals surface area contributed by atoms with Crippen molar-refractivity contribution in [1.29, 1.82) is 0 Å². The highest BCUT2D eigenvalue weighted by Gasteiger charge is 2.32. The number of aromatic nitrogens is 3. The third-order valence-corrected chi connectivity index (χ3v) is 5.81. The number of amides is 2. The van der Waals surface area contributed by atoms with Crippen molar-refractivity contribution < 1.29 is 19.2 Å². The van der Waals surface area contributed by atoms with Crippen molar-refractivity contribution in [3.8, 4) is 11.4 Å². The molecule has 0 N–H and O–H groups in total. The average molecular weight is 450 g/mol. The van der Waals surface area contributed by atoms with Crippen LogP contribution in [0.5, 0.6) is 5.75 Å². The number of hydrogen-bond donors (Lipinski definition) is 0. The molecule has 172 valence electrons. The largest absolute Gasteiger partial charge is 0.489 e. The van der Waals surface area contributed by atoms with Gasteiger partial charge in [-0.3, -0.25) is 14.4 Å². The number of benzene rings is 2. The van der Waals surface area contributed by atoms with E-state index >= 15 is 0 Å². The Kier molecular flexibility index (Phi) is 6.69. The molecule has 0 bridgehead atoms. The summed E-state index contributed by atoms with van der Waals surface area (Å²) in [6.45, 7) is 2.49. The quantitative estimate of drug-likeness (QED) is 0.538. The first-order chi connectivity index (χ1) is 16.0. The van der Waals surface area contributed by atoms with Crippen LogP contribution in [0, 0.1) is 0 Å². The second kappa shape index (κ2) is 9.83. The lowest BCUT2D eigenvalue weighted by atomic mass is 9.99. The highest BCUT2D eigenvalue weighted by molar-refractivity contribution is 5.98. The molecule has 1 fully saturated rings. The van der Waals surface area contributed by atoms with Gasteiger partial charge in [0.25, 0.3) is 11.8 Å². The SMILES string of the molecule is CON(C)C(=O)c1cccc(OC2CC[C@@H](C)N(C(=O)c3ccccc3-n3nccn3)C2)c1. The molecule has 0 saturated carbocycles. The molecule has 2 amide bonds. The monoisotopic (exact) mass is 449 g/mol. The zero-order valence-corrected chi connectivity index (χ0v) is 18.9. The second-order valence-electron chi connectivity index (χ2n) is 7.97. The molecule has 1 aromatic heterocycles. The molecule has 4 rings (SSSR count). The van der Waals surface area contributed by atoms with Gasteiger partial charge in [0.2, 0.25) is 0 Å². The third kappa shape index (κ3) is 4.88. The molecule has 33 heavy (non-hydrogen) atoms. The Morgan fingerprint density at radius 1 is 1.06 bits per heavy atom. The summed E-state index contributed by atoms with van der Waals surface area (Å²) >= 11 is 0. The van der Waals surface area contributed by atoms with E-state index in [-0.39, 0.29) is 24.0 Å². The van der Waals surface area contributed by atoms with Crippen LogP contribution in [-0.2, 0) is 4.84 Å². The zero-order valence-electron chi connectivity index (χ0n) is 18.9. The third-order valence-electron chi connectivity index (χ3n) is 5.81. The van der Waals surface area contributed by atoms with Crippen molar-refractivity contribution in [3.63, 3.8) is 0 Å². The van der Waals surface area contributed by atoms with E-state index in [0.29, 0.717) is 29.1 Å². The van der Waals surface area contributed by atoms with Crippen LogP contribution in [0.2, 0.25) is 0 Å². The molecule has 1 saturated heterocycles. The van der Waals surface area contributed by atoms with Gasteiger partial charge in [-0.1, -0.05) is 18.2 Å². The normalized spacial score (nSPS) is 18.1. The van der Waals surface area contributed by atoms with Crippen LogP contribution < -0.4 is 4.74 Å². The lowest BCUT2D eigenvalue weighted by Crippen LogP contribution is -2.49. The summed E-state index contributed by atoms with van der Waals surface area (Å²) in [5.41, 5.74) is 1.64. The van der Waals surface area contributed by atoms with Crippen molar-refractivity contribution >= 4 is 11.8 Å². The molecule has 0 spiro atoms. The molecule has 3 aromatic rings. The van der Waals surface area contributed by atoms with Crippen molar-refractivity contribution in [2.75, 3.05) is 20.7 Å². The van der Waals surface area contributed by atoms with Gasteiger partial charge in [-0.25, -0.2) is 5.06 Å². The van der Waals surface area contributed by atoms with E-state index in [0.717, 1.165) is 17.9 Å². The first-order valence-electron chi connectivity index (χ1n) is 10.8. The molecule has 2 aromatic carbocycles. The molecule has 1 unspecified atom stereocenters. The summed E-state index contributed by atoms with van der Waals surface area (Å²) in [6, 6.07) is 14.4. The van der Waals surface area contributed by atoms with Gasteiger partial charge in [-0.2, -0.15) is 15.0 Å². The number of para-hydroxylation sites is 1. The summed E-state index contributed by atoms with van der Waals surface area (Å²) in [7, 11) is 2.99. The first kappa shape index (κ1) is 22.5. The van der Waals surface area contributed by atoms with Gasteiger partial charge in [0.1, 0.15) is 11.9 Å². The summed E-state index contributed by atoms with van der Waals surface area (Å²) in [5, 5.41) is 9.51. The predicted molar refractivity (Wildman–Crippen MR) is 121 cm³/mol. The number of piperidine rings is 1. The number of rotatable bonds is 6. The number of carbonyl (C=O) groups is 2. The fourth-order valence-corrected chi connectivity index (χ4v) is 3.94. The molecule has 1 aliphatic rings. The van der Waals surface area contributed by atoms with E-state index in [1.165, 1.54) is 11.9 Å². The average Bonchev–Trinajstić information content (AvgIpc) is 3.39. The maximum atomic E-state index is 13.5. The highest BCUT2D eigenvalue weighted by Crippen LogP contribution is 2.26. The van der Waals surface area contributed by atoms with Crippen molar-refractivity contribution in [2.45, 2.75) is 31.9 Å². The van der Waals surface area contributed by atoms with Crippen LogP contribution in [0.25, 0.3) is 5.69 Å². The number of nitrogens with zero attached hydrogens (tertiary/aromatic N) is 5. The Balaban J connectivity index is 1.51. The summed E-state index contributed by atoms with van der Waals surface area (Å²) in [5.74, 6) is 0.230. The minimum atomic E-state index is -0.263. The Hall–Kier alpha value is -3.72. The number of hydrogen-bond acceptors (Lipinski definition) is 6. The van der Waals surface area contributed by atoms with Crippen LogP contribution >= 0.6 is 0 Å². The van der Waals surface area contributed by atoms with Crippen LogP contribution in [0.3, 0.4) is 0 Å². The van der Waals surface area contributed by atoms with Crippen molar-refractivity contribution in [1.82, 2.24) is 25.0 Å². The Bertz CT molecular complexity index is 1120. The standard InChI is InChI=1S/C24H27N5O4/c1-17-11-12-20(33-19-8-6-7-18(15-19)23(30)27(2)32-3)16-28(17)24(31)21-9-4-5-10-22(21)29-25-13-14-26-29/h4-10,13-15,17,20H,11-12,16H2,1-3H3/t17-,20?/m1/s1. The fraction of sp³-hybridized carbons (Fsp3) is 0.333. The zero-order chi connectivity index (χ0) is 23.4. The van der Waals surface area contributed by atoms with E-state index in [4.69, 9.17) is 9.57 Å². The van der Waals surface area contributed by atoms with Gasteiger partial charge in [-0.15, -0.1) is 0 Å². The van der Waals surface area contributed by atoms with Crippen molar-refractivity contribution in [3.05, 3.63) is 72.1 Å². The molecular weight excluding hydrogens is 422 g/mol. The minimum absolute atomic E-state index is 0.0688.